The van der Waals surface area contributed by atoms with E-state index in [1.807, 2.05) is 41.8 Å². The molecule has 0 aliphatic carbocycles. The molecule has 0 amide bonds. The van der Waals surface area contributed by atoms with E-state index in [1.165, 1.54) is 15.6 Å². The Morgan fingerprint density at radius 2 is 1.71 bits per heavy atom. The van der Waals surface area contributed by atoms with Gasteiger partial charge in [0.15, 0.2) is 0 Å². The molecule has 0 aliphatic heterocycles. The highest BCUT2D eigenvalue weighted by molar-refractivity contribution is 7.91. The molecule has 0 N–H and O–H groups in total. The maximum absolute atomic E-state index is 13.0. The molecule has 0 saturated heterocycles. The van der Waals surface area contributed by atoms with Gasteiger partial charge in [0.2, 0.25) is 0 Å². The summed E-state index contributed by atoms with van der Waals surface area (Å²) in [5.74, 6) is 0.690. The average Bonchev–Trinajstić information content (AvgIpc) is 3.28. The van der Waals surface area contributed by atoms with E-state index in [9.17, 15) is 8.42 Å². The molecule has 0 atom stereocenters. The van der Waals surface area contributed by atoms with Crippen LogP contribution in [0.2, 0.25) is 0 Å². The molecule has 1 aromatic carbocycles. The van der Waals surface area contributed by atoms with Gasteiger partial charge in [-0.3, -0.25) is 0 Å². The largest absolute Gasteiger partial charge is 0.496 e. The highest BCUT2D eigenvalue weighted by Gasteiger charge is 2.27. The molecule has 0 bridgehead atoms. The van der Waals surface area contributed by atoms with Crippen molar-refractivity contribution in [1.29, 1.82) is 0 Å². The van der Waals surface area contributed by atoms with Gasteiger partial charge in [-0.15, -0.1) is 22.7 Å². The third-order valence-corrected chi connectivity index (χ3v) is 7.57. The zero-order valence-corrected chi connectivity index (χ0v) is 15.5. The van der Waals surface area contributed by atoms with Crippen LogP contribution in [-0.4, -0.2) is 19.8 Å². The molecular weight excluding hydrogens is 362 g/mol. The molecule has 24 heavy (non-hydrogen) atoms. The standard InChI is InChI=1S/C17H17NO3S3/c1-21-16-8-3-2-6-14(16)12-18(13-15-7-4-10-22-15)24(19,20)17-9-5-11-23-17/h2-11H,12-13H2,1H3. The number of thiophene rings is 2. The van der Waals surface area contributed by atoms with Crippen LogP contribution in [0, 0.1) is 0 Å². The van der Waals surface area contributed by atoms with Crippen molar-refractivity contribution in [2.75, 3.05) is 7.11 Å². The first-order valence-corrected chi connectivity index (χ1v) is 10.5. The summed E-state index contributed by atoms with van der Waals surface area (Å²) in [6.07, 6.45) is 0. The van der Waals surface area contributed by atoms with Crippen LogP contribution in [0.1, 0.15) is 10.4 Å². The fourth-order valence-electron chi connectivity index (χ4n) is 2.36. The van der Waals surface area contributed by atoms with Gasteiger partial charge in [-0.1, -0.05) is 30.3 Å². The summed E-state index contributed by atoms with van der Waals surface area (Å²) in [5.41, 5.74) is 0.844. The van der Waals surface area contributed by atoms with Crippen molar-refractivity contribution in [2.45, 2.75) is 17.3 Å². The first kappa shape index (κ1) is 17.2. The predicted octanol–water partition coefficient (Wildman–Crippen LogP) is 4.21. The normalized spacial score (nSPS) is 11.8. The van der Waals surface area contributed by atoms with E-state index in [2.05, 4.69) is 0 Å². The third-order valence-electron chi connectivity index (χ3n) is 3.54. The van der Waals surface area contributed by atoms with Crippen molar-refractivity contribution in [3.05, 3.63) is 69.7 Å². The molecule has 3 aromatic rings. The second kappa shape index (κ2) is 7.48. The number of sulfonamides is 1. The Bertz CT molecular complexity index is 872. The Kier molecular flexibility index (Phi) is 5.35. The Labute approximate surface area is 150 Å². The van der Waals surface area contributed by atoms with Gasteiger partial charge in [-0.2, -0.15) is 4.31 Å². The topological polar surface area (TPSA) is 46.6 Å². The summed E-state index contributed by atoms with van der Waals surface area (Å²) < 4.78 is 33.3. The Balaban J connectivity index is 1.96. The van der Waals surface area contributed by atoms with Crippen LogP contribution < -0.4 is 4.74 Å². The van der Waals surface area contributed by atoms with Crippen LogP contribution in [-0.2, 0) is 23.1 Å². The van der Waals surface area contributed by atoms with Crippen LogP contribution in [0.25, 0.3) is 0 Å². The number of methoxy groups -OCH3 is 1. The van der Waals surface area contributed by atoms with Crippen LogP contribution in [0.3, 0.4) is 0 Å². The molecule has 4 nitrogen and oxygen atoms in total. The minimum atomic E-state index is -3.55. The maximum atomic E-state index is 13.0. The minimum Gasteiger partial charge on any atom is -0.496 e. The predicted molar refractivity (Wildman–Crippen MR) is 98.1 cm³/mol. The zero-order valence-electron chi connectivity index (χ0n) is 13.1. The van der Waals surface area contributed by atoms with Gasteiger partial charge in [-0.05, 0) is 29.0 Å². The summed E-state index contributed by atoms with van der Waals surface area (Å²) >= 11 is 2.79. The molecule has 0 aliphatic rings. The van der Waals surface area contributed by atoms with E-state index < -0.39 is 10.0 Å². The van der Waals surface area contributed by atoms with E-state index in [1.54, 1.807) is 36.0 Å². The van der Waals surface area contributed by atoms with Crippen molar-refractivity contribution >= 4 is 32.7 Å². The summed E-state index contributed by atoms with van der Waals surface area (Å²) in [6, 6.07) is 14.8. The van der Waals surface area contributed by atoms with E-state index in [4.69, 9.17) is 4.74 Å². The van der Waals surface area contributed by atoms with E-state index in [0.29, 0.717) is 16.5 Å². The van der Waals surface area contributed by atoms with Crippen molar-refractivity contribution in [3.63, 3.8) is 0 Å². The molecule has 7 heteroatoms. The zero-order chi connectivity index (χ0) is 17.0. The molecule has 0 spiro atoms. The van der Waals surface area contributed by atoms with Gasteiger partial charge < -0.3 is 4.74 Å². The van der Waals surface area contributed by atoms with Crippen molar-refractivity contribution in [1.82, 2.24) is 4.31 Å². The lowest BCUT2D eigenvalue weighted by molar-refractivity contribution is 0.378. The fourth-order valence-corrected chi connectivity index (χ4v) is 5.71. The lowest BCUT2D eigenvalue weighted by Gasteiger charge is -2.22. The van der Waals surface area contributed by atoms with Crippen LogP contribution >= 0.6 is 22.7 Å². The van der Waals surface area contributed by atoms with Gasteiger partial charge >= 0.3 is 0 Å². The summed E-state index contributed by atoms with van der Waals surface area (Å²) in [4.78, 5) is 1.00. The molecule has 0 unspecified atom stereocenters. The van der Waals surface area contributed by atoms with Gasteiger partial charge in [0, 0.05) is 23.5 Å². The number of para-hydroxylation sites is 1. The number of rotatable bonds is 7. The van der Waals surface area contributed by atoms with E-state index in [-0.39, 0.29) is 6.54 Å². The SMILES string of the molecule is COc1ccccc1CN(Cc1cccs1)S(=O)(=O)c1cccs1. The van der Waals surface area contributed by atoms with Gasteiger partial charge in [0.05, 0.1) is 7.11 Å². The minimum absolute atomic E-state index is 0.266. The molecular formula is C17H17NO3S3. The number of ether oxygens (including phenoxy) is 1. The Morgan fingerprint density at radius 3 is 2.38 bits per heavy atom. The van der Waals surface area contributed by atoms with Crippen molar-refractivity contribution in [2.24, 2.45) is 0 Å². The smallest absolute Gasteiger partial charge is 0.253 e. The lowest BCUT2D eigenvalue weighted by atomic mass is 10.2. The molecule has 3 rings (SSSR count). The Hall–Kier alpha value is -1.67. The van der Waals surface area contributed by atoms with E-state index in [0.717, 1.165) is 10.4 Å². The highest BCUT2D eigenvalue weighted by Crippen LogP contribution is 2.28. The highest BCUT2D eigenvalue weighted by atomic mass is 32.2. The Morgan fingerprint density at radius 1 is 0.958 bits per heavy atom. The molecule has 0 radical (unpaired) electrons. The lowest BCUT2D eigenvalue weighted by Crippen LogP contribution is -2.29. The molecule has 2 aromatic heterocycles. The summed E-state index contributed by atoms with van der Waals surface area (Å²) in [7, 11) is -1.96. The van der Waals surface area contributed by atoms with Gasteiger partial charge in [-0.25, -0.2) is 8.42 Å². The first-order chi connectivity index (χ1) is 11.6. The van der Waals surface area contributed by atoms with Crippen molar-refractivity contribution in [3.8, 4) is 5.75 Å². The molecule has 0 saturated carbocycles. The van der Waals surface area contributed by atoms with Crippen LogP contribution in [0.5, 0.6) is 5.75 Å². The molecule has 0 fully saturated rings. The van der Waals surface area contributed by atoms with Crippen LogP contribution in [0.15, 0.2) is 63.5 Å². The van der Waals surface area contributed by atoms with E-state index >= 15 is 0 Å². The summed E-state index contributed by atoms with van der Waals surface area (Å²) in [5, 5.41) is 3.73. The van der Waals surface area contributed by atoms with Crippen LogP contribution in [0.4, 0.5) is 0 Å². The number of hydrogen-bond acceptors (Lipinski definition) is 5. The number of nitrogens with zero attached hydrogens (tertiary/aromatic N) is 1. The molecule has 2 heterocycles. The monoisotopic (exact) mass is 379 g/mol. The van der Waals surface area contributed by atoms with Crippen molar-refractivity contribution < 1.29 is 13.2 Å². The van der Waals surface area contributed by atoms with Gasteiger partial charge in [0.1, 0.15) is 9.96 Å². The summed E-state index contributed by atoms with van der Waals surface area (Å²) in [6.45, 7) is 0.609. The fraction of sp³-hybridized carbons (Fsp3) is 0.176. The maximum Gasteiger partial charge on any atom is 0.253 e. The second-order valence-corrected chi connectivity index (χ2v) is 9.24. The average molecular weight is 380 g/mol. The van der Waals surface area contributed by atoms with Gasteiger partial charge in [0.25, 0.3) is 10.0 Å². The third kappa shape index (κ3) is 3.70. The quantitative estimate of drug-likeness (QED) is 0.618. The molecule has 126 valence electrons. The number of benzene rings is 1. The second-order valence-electron chi connectivity index (χ2n) is 5.10. The first-order valence-electron chi connectivity index (χ1n) is 7.29. The number of hydrogen-bond donors (Lipinski definition) is 0.